The minimum atomic E-state index is -1.43. The van der Waals surface area contributed by atoms with E-state index in [4.69, 9.17) is 4.84 Å². The van der Waals surface area contributed by atoms with Gasteiger partial charge in [-0.25, -0.2) is 4.79 Å². The summed E-state index contributed by atoms with van der Waals surface area (Å²) < 4.78 is 4.69. The van der Waals surface area contributed by atoms with E-state index in [2.05, 4.69) is 9.89 Å². The zero-order valence-electron chi connectivity index (χ0n) is 10.3. The molecule has 2 rings (SSSR count). The highest BCUT2D eigenvalue weighted by Gasteiger charge is 2.52. The number of carbonyl (C=O) groups is 1. The summed E-state index contributed by atoms with van der Waals surface area (Å²) in [6.07, 6.45) is -0.809. The first-order valence-electron chi connectivity index (χ1n) is 5.67. The lowest BCUT2D eigenvalue weighted by atomic mass is 9.90. The molecule has 18 heavy (non-hydrogen) atoms. The first-order chi connectivity index (χ1) is 8.60. The lowest BCUT2D eigenvalue weighted by molar-refractivity contribution is -0.179. The Morgan fingerprint density at radius 3 is 2.72 bits per heavy atom. The molecule has 0 amide bonds. The van der Waals surface area contributed by atoms with Crippen molar-refractivity contribution >= 4 is 11.7 Å². The van der Waals surface area contributed by atoms with Gasteiger partial charge in [-0.15, -0.1) is 0 Å². The van der Waals surface area contributed by atoms with E-state index in [1.807, 2.05) is 30.3 Å². The summed E-state index contributed by atoms with van der Waals surface area (Å²) in [6.45, 7) is 1.49. The predicted octanol–water partition coefficient (Wildman–Crippen LogP) is 1.10. The molecule has 5 heteroatoms. The van der Waals surface area contributed by atoms with Crippen molar-refractivity contribution in [2.45, 2.75) is 25.0 Å². The Morgan fingerprint density at radius 2 is 2.17 bits per heavy atom. The van der Waals surface area contributed by atoms with Crippen LogP contribution < -0.4 is 0 Å². The molecule has 2 unspecified atom stereocenters. The molecule has 2 atom stereocenters. The van der Waals surface area contributed by atoms with Gasteiger partial charge in [0, 0.05) is 0 Å². The number of hydrogen-bond acceptors (Lipinski definition) is 5. The van der Waals surface area contributed by atoms with Crippen LogP contribution in [0, 0.1) is 0 Å². The van der Waals surface area contributed by atoms with Crippen molar-refractivity contribution in [1.29, 1.82) is 0 Å². The highest BCUT2D eigenvalue weighted by Crippen LogP contribution is 2.31. The van der Waals surface area contributed by atoms with Gasteiger partial charge in [0.25, 0.3) is 5.60 Å². The molecule has 1 aromatic rings. The minimum absolute atomic E-state index is 0.196. The molecule has 0 aromatic heterocycles. The van der Waals surface area contributed by atoms with E-state index in [1.165, 1.54) is 14.0 Å². The SMILES string of the molecule is COC(=O)C1(C(C)O)CC(c2ccccc2)=NO1. The molecule has 0 bridgehead atoms. The Bertz CT molecular complexity index is 469. The van der Waals surface area contributed by atoms with Crippen molar-refractivity contribution in [1.82, 2.24) is 0 Å². The maximum absolute atomic E-state index is 11.8. The molecule has 1 heterocycles. The molecule has 0 saturated carbocycles. The molecule has 0 aliphatic carbocycles. The summed E-state index contributed by atoms with van der Waals surface area (Å²) in [5.41, 5.74) is 0.0609. The Morgan fingerprint density at radius 1 is 1.50 bits per heavy atom. The van der Waals surface area contributed by atoms with Crippen LogP contribution >= 0.6 is 0 Å². The van der Waals surface area contributed by atoms with Gasteiger partial charge in [-0.3, -0.25) is 0 Å². The predicted molar refractivity (Wildman–Crippen MR) is 65.1 cm³/mol. The van der Waals surface area contributed by atoms with Crippen LogP contribution in [0.25, 0.3) is 0 Å². The molecule has 1 aromatic carbocycles. The number of aliphatic hydroxyl groups is 1. The van der Waals surface area contributed by atoms with E-state index in [9.17, 15) is 9.90 Å². The lowest BCUT2D eigenvalue weighted by Gasteiger charge is -2.26. The molecule has 1 aliphatic rings. The van der Waals surface area contributed by atoms with Gasteiger partial charge in [-0.2, -0.15) is 0 Å². The topological polar surface area (TPSA) is 68.1 Å². The molecule has 5 nitrogen and oxygen atoms in total. The molecular weight excluding hydrogens is 234 g/mol. The van der Waals surface area contributed by atoms with E-state index < -0.39 is 17.7 Å². The summed E-state index contributed by atoms with van der Waals surface area (Å²) in [4.78, 5) is 17.0. The maximum Gasteiger partial charge on any atom is 0.356 e. The third-order valence-corrected chi connectivity index (χ3v) is 3.06. The van der Waals surface area contributed by atoms with Gasteiger partial charge in [0.05, 0.1) is 19.2 Å². The zero-order valence-corrected chi connectivity index (χ0v) is 10.3. The maximum atomic E-state index is 11.8. The smallest absolute Gasteiger partial charge is 0.356 e. The lowest BCUT2D eigenvalue weighted by Crippen LogP contribution is -2.49. The summed E-state index contributed by atoms with van der Waals surface area (Å²) >= 11 is 0. The van der Waals surface area contributed by atoms with Crippen LogP contribution in [0.1, 0.15) is 18.9 Å². The normalized spacial score (nSPS) is 24.1. The first-order valence-corrected chi connectivity index (χ1v) is 5.67. The first kappa shape index (κ1) is 12.6. The van der Waals surface area contributed by atoms with Crippen LogP contribution in [-0.2, 0) is 14.4 Å². The van der Waals surface area contributed by atoms with Crippen molar-refractivity contribution in [2.24, 2.45) is 5.16 Å². The number of oxime groups is 1. The molecule has 0 radical (unpaired) electrons. The third-order valence-electron chi connectivity index (χ3n) is 3.06. The minimum Gasteiger partial charge on any atom is -0.466 e. The third kappa shape index (κ3) is 1.97. The van der Waals surface area contributed by atoms with Gasteiger partial charge in [0.2, 0.25) is 0 Å². The Hall–Kier alpha value is -1.88. The second-order valence-corrected chi connectivity index (χ2v) is 4.23. The Balaban J connectivity index is 2.25. The van der Waals surface area contributed by atoms with Gasteiger partial charge >= 0.3 is 5.97 Å². The van der Waals surface area contributed by atoms with Gasteiger partial charge in [0.15, 0.2) is 0 Å². The summed E-state index contributed by atoms with van der Waals surface area (Å²) in [5.74, 6) is -0.618. The standard InChI is InChI=1S/C13H15NO4/c1-9(15)13(12(16)17-2)8-11(14-18-13)10-6-4-3-5-7-10/h3-7,9,15H,8H2,1-2H3. The van der Waals surface area contributed by atoms with Crippen LogP contribution in [0.5, 0.6) is 0 Å². The Kier molecular flexibility index (Phi) is 3.34. The number of methoxy groups -OCH3 is 1. The van der Waals surface area contributed by atoms with E-state index in [0.717, 1.165) is 5.56 Å². The van der Waals surface area contributed by atoms with E-state index >= 15 is 0 Å². The van der Waals surface area contributed by atoms with Gasteiger partial charge in [-0.1, -0.05) is 35.5 Å². The number of carbonyl (C=O) groups excluding carboxylic acids is 1. The zero-order chi connectivity index (χ0) is 13.2. The molecule has 96 valence electrons. The van der Waals surface area contributed by atoms with Crippen LogP contribution in [0.4, 0.5) is 0 Å². The monoisotopic (exact) mass is 249 g/mol. The fraction of sp³-hybridized carbons (Fsp3) is 0.385. The van der Waals surface area contributed by atoms with Crippen molar-refractivity contribution in [3.05, 3.63) is 35.9 Å². The summed E-state index contributed by atoms with van der Waals surface area (Å²) in [6, 6.07) is 9.38. The molecular formula is C13H15NO4. The number of hydrogen-bond donors (Lipinski definition) is 1. The number of aliphatic hydroxyl groups excluding tert-OH is 1. The second-order valence-electron chi connectivity index (χ2n) is 4.23. The van der Waals surface area contributed by atoms with Gasteiger partial charge in [-0.05, 0) is 12.5 Å². The fourth-order valence-corrected chi connectivity index (χ4v) is 1.91. The molecule has 0 fully saturated rings. The molecule has 0 spiro atoms. The highest BCUT2D eigenvalue weighted by molar-refractivity contribution is 6.04. The average molecular weight is 249 g/mol. The number of benzene rings is 1. The number of nitrogens with zero attached hydrogens (tertiary/aromatic N) is 1. The highest BCUT2D eigenvalue weighted by atomic mass is 16.7. The quantitative estimate of drug-likeness (QED) is 0.815. The van der Waals surface area contributed by atoms with Crippen LogP contribution in [0.3, 0.4) is 0 Å². The van der Waals surface area contributed by atoms with Crippen molar-refractivity contribution in [3.8, 4) is 0 Å². The number of esters is 1. The Labute approximate surface area is 105 Å². The fourth-order valence-electron chi connectivity index (χ4n) is 1.91. The van der Waals surface area contributed by atoms with Crippen molar-refractivity contribution in [2.75, 3.05) is 7.11 Å². The van der Waals surface area contributed by atoms with Gasteiger partial charge in [0.1, 0.15) is 6.10 Å². The van der Waals surface area contributed by atoms with E-state index in [-0.39, 0.29) is 6.42 Å². The van der Waals surface area contributed by atoms with E-state index in [1.54, 1.807) is 0 Å². The van der Waals surface area contributed by atoms with Crippen LogP contribution in [-0.4, -0.2) is 35.6 Å². The number of ether oxygens (including phenoxy) is 1. The van der Waals surface area contributed by atoms with Crippen molar-refractivity contribution in [3.63, 3.8) is 0 Å². The van der Waals surface area contributed by atoms with E-state index in [0.29, 0.717) is 5.71 Å². The molecule has 0 saturated heterocycles. The molecule has 1 aliphatic heterocycles. The van der Waals surface area contributed by atoms with Crippen LogP contribution in [0.2, 0.25) is 0 Å². The number of rotatable bonds is 3. The summed E-state index contributed by atoms with van der Waals surface area (Å²) in [7, 11) is 1.26. The largest absolute Gasteiger partial charge is 0.466 e. The average Bonchev–Trinajstić information content (AvgIpc) is 2.85. The van der Waals surface area contributed by atoms with Crippen LogP contribution in [0.15, 0.2) is 35.5 Å². The van der Waals surface area contributed by atoms with Gasteiger partial charge < -0.3 is 14.7 Å². The second kappa shape index (κ2) is 4.78. The summed E-state index contributed by atoms with van der Waals surface area (Å²) in [5, 5.41) is 13.7. The van der Waals surface area contributed by atoms with Crippen molar-refractivity contribution < 1.29 is 19.5 Å². The molecule has 1 N–H and O–H groups in total.